The highest BCUT2D eigenvalue weighted by molar-refractivity contribution is 6.39. The summed E-state index contributed by atoms with van der Waals surface area (Å²) >= 11 is 12.9. The summed E-state index contributed by atoms with van der Waals surface area (Å²) in [5.41, 5.74) is 4.47. The first-order valence-corrected chi connectivity index (χ1v) is 10.4. The highest BCUT2D eigenvalue weighted by Crippen LogP contribution is 2.39. The van der Waals surface area contributed by atoms with Crippen molar-refractivity contribution < 1.29 is 9.59 Å². The summed E-state index contributed by atoms with van der Waals surface area (Å²) in [7, 11) is 0. The lowest BCUT2D eigenvalue weighted by Gasteiger charge is -2.27. The van der Waals surface area contributed by atoms with E-state index >= 15 is 0 Å². The highest BCUT2D eigenvalue weighted by atomic mass is 35.5. The average Bonchev–Trinajstić information content (AvgIpc) is 3.04. The zero-order valence-corrected chi connectivity index (χ0v) is 17.6. The zero-order chi connectivity index (χ0) is 20.5. The Bertz CT molecular complexity index is 1090. The van der Waals surface area contributed by atoms with Crippen LogP contribution >= 0.6 is 23.2 Å². The van der Waals surface area contributed by atoms with Gasteiger partial charge in [-0.15, -0.1) is 0 Å². The molecule has 0 radical (unpaired) electrons. The van der Waals surface area contributed by atoms with Crippen LogP contribution < -0.4 is 5.32 Å². The maximum atomic E-state index is 13.2. The van der Waals surface area contributed by atoms with Crippen molar-refractivity contribution in [2.45, 2.75) is 19.8 Å². The second-order valence-electron chi connectivity index (χ2n) is 7.07. The lowest BCUT2D eigenvalue weighted by molar-refractivity contribution is -0.109. The fourth-order valence-corrected chi connectivity index (χ4v) is 4.63. The first-order chi connectivity index (χ1) is 14.0. The molecule has 1 aromatic heterocycles. The van der Waals surface area contributed by atoms with Crippen LogP contribution in [0.25, 0.3) is 16.6 Å². The van der Waals surface area contributed by atoms with Gasteiger partial charge in [-0.2, -0.15) is 0 Å². The van der Waals surface area contributed by atoms with Crippen molar-refractivity contribution in [3.05, 3.63) is 63.3 Å². The number of nitrogens with one attached hydrogen (secondary N) is 1. The molecular weight excluding hydrogens is 409 g/mol. The SMILES string of the molecule is CCN1CCc2c(n(-c3ccc(CCNC=O)cc3)c3cc(Cl)cc(Cl)c23)C1=O. The quantitative estimate of drug-likeness (QED) is 0.470. The Morgan fingerprint density at radius 3 is 2.62 bits per heavy atom. The predicted molar refractivity (Wildman–Crippen MR) is 116 cm³/mol. The average molecular weight is 430 g/mol. The minimum atomic E-state index is 0.0106. The fraction of sp³-hybridized carbons (Fsp3) is 0.273. The lowest BCUT2D eigenvalue weighted by atomic mass is 10.0. The van der Waals surface area contributed by atoms with Crippen molar-refractivity contribution in [3.8, 4) is 5.69 Å². The molecule has 0 bridgehead atoms. The maximum absolute atomic E-state index is 13.2. The second kappa shape index (κ2) is 8.09. The lowest BCUT2D eigenvalue weighted by Crippen LogP contribution is -2.38. The largest absolute Gasteiger partial charge is 0.358 e. The standard InChI is InChI=1S/C22H21Cl2N3O2/c1-2-26-10-8-17-20-18(24)11-15(23)12-19(20)27(21(17)22(26)29)16-5-3-14(4-6-16)7-9-25-13-28/h3-6,11-13H,2,7-10H2,1H3,(H,25,28). The normalized spacial score (nSPS) is 13.6. The molecule has 1 aliphatic heterocycles. The van der Waals surface area contributed by atoms with Gasteiger partial charge < -0.3 is 14.8 Å². The van der Waals surface area contributed by atoms with E-state index in [0.717, 1.165) is 40.6 Å². The zero-order valence-electron chi connectivity index (χ0n) is 16.0. The summed E-state index contributed by atoms with van der Waals surface area (Å²) in [6, 6.07) is 11.6. The summed E-state index contributed by atoms with van der Waals surface area (Å²) in [6.45, 7) is 3.92. The summed E-state index contributed by atoms with van der Waals surface area (Å²) < 4.78 is 1.97. The Morgan fingerprint density at radius 1 is 1.17 bits per heavy atom. The number of hydrogen-bond donors (Lipinski definition) is 1. The smallest absolute Gasteiger partial charge is 0.271 e. The molecule has 0 unspecified atom stereocenters. The van der Waals surface area contributed by atoms with Crippen molar-refractivity contribution in [3.63, 3.8) is 0 Å². The Balaban J connectivity index is 1.88. The predicted octanol–water partition coefficient (Wildman–Crippen LogP) is 4.24. The highest BCUT2D eigenvalue weighted by Gasteiger charge is 2.31. The molecule has 29 heavy (non-hydrogen) atoms. The van der Waals surface area contributed by atoms with Crippen LogP contribution in [0.15, 0.2) is 36.4 Å². The van der Waals surface area contributed by atoms with E-state index in [1.807, 2.05) is 46.7 Å². The first-order valence-electron chi connectivity index (χ1n) is 9.63. The number of nitrogens with zero attached hydrogens (tertiary/aromatic N) is 2. The van der Waals surface area contributed by atoms with E-state index in [9.17, 15) is 9.59 Å². The molecular formula is C22H21Cl2N3O2. The van der Waals surface area contributed by atoms with Crippen LogP contribution in [0, 0.1) is 0 Å². The molecule has 7 heteroatoms. The van der Waals surface area contributed by atoms with Crippen LogP contribution in [0.4, 0.5) is 0 Å². The molecule has 3 aromatic rings. The summed E-state index contributed by atoms with van der Waals surface area (Å²) in [5.74, 6) is 0.0106. The molecule has 0 atom stereocenters. The number of carbonyl (C=O) groups excluding carboxylic acids is 2. The van der Waals surface area contributed by atoms with E-state index in [1.165, 1.54) is 0 Å². The molecule has 0 saturated heterocycles. The van der Waals surface area contributed by atoms with Crippen LogP contribution in [-0.2, 0) is 17.6 Å². The van der Waals surface area contributed by atoms with Gasteiger partial charge in [0.15, 0.2) is 0 Å². The van der Waals surface area contributed by atoms with E-state index in [4.69, 9.17) is 23.2 Å². The van der Waals surface area contributed by atoms with E-state index in [-0.39, 0.29) is 5.91 Å². The number of hydrogen-bond acceptors (Lipinski definition) is 2. The van der Waals surface area contributed by atoms with E-state index in [0.29, 0.717) is 41.8 Å². The Kier molecular flexibility index (Phi) is 5.52. The topological polar surface area (TPSA) is 54.3 Å². The number of rotatable bonds is 6. The molecule has 1 N–H and O–H groups in total. The van der Waals surface area contributed by atoms with E-state index in [2.05, 4.69) is 5.32 Å². The molecule has 0 aliphatic carbocycles. The van der Waals surface area contributed by atoms with Crippen molar-refractivity contribution in [2.24, 2.45) is 0 Å². The van der Waals surface area contributed by atoms with Crippen molar-refractivity contribution >= 4 is 46.4 Å². The van der Waals surface area contributed by atoms with E-state index < -0.39 is 0 Å². The molecule has 2 aromatic carbocycles. The van der Waals surface area contributed by atoms with Gasteiger partial charge in [0.05, 0.1) is 10.5 Å². The molecule has 1 aliphatic rings. The molecule has 2 heterocycles. The summed E-state index contributed by atoms with van der Waals surface area (Å²) in [4.78, 5) is 25.5. The number of benzene rings is 2. The maximum Gasteiger partial charge on any atom is 0.271 e. The Morgan fingerprint density at radius 2 is 1.93 bits per heavy atom. The summed E-state index contributed by atoms with van der Waals surface area (Å²) in [5, 5.41) is 4.67. The number of carbonyl (C=O) groups is 2. The number of fused-ring (bicyclic) bond motifs is 3. The van der Waals surface area contributed by atoms with Crippen molar-refractivity contribution in [1.82, 2.24) is 14.8 Å². The molecule has 150 valence electrons. The third kappa shape index (κ3) is 3.49. The van der Waals surface area contributed by atoms with Crippen LogP contribution in [0.3, 0.4) is 0 Å². The molecule has 4 rings (SSSR count). The number of amides is 2. The van der Waals surface area contributed by atoms with Crippen LogP contribution in [0.2, 0.25) is 10.0 Å². The molecule has 0 fully saturated rings. The first kappa shape index (κ1) is 19.8. The Labute approximate surface area is 179 Å². The number of halogens is 2. The van der Waals surface area contributed by atoms with Gasteiger partial charge in [0.25, 0.3) is 5.91 Å². The number of likely N-dealkylation sites (N-methyl/N-ethyl adjacent to an activating group) is 1. The monoisotopic (exact) mass is 429 g/mol. The van der Waals surface area contributed by atoms with Gasteiger partial charge in [0.1, 0.15) is 5.69 Å². The van der Waals surface area contributed by atoms with Gasteiger partial charge >= 0.3 is 0 Å². The third-order valence-corrected chi connectivity index (χ3v) is 5.94. The van der Waals surface area contributed by atoms with Gasteiger partial charge in [-0.3, -0.25) is 9.59 Å². The van der Waals surface area contributed by atoms with Crippen molar-refractivity contribution in [2.75, 3.05) is 19.6 Å². The van der Waals surface area contributed by atoms with Crippen molar-refractivity contribution in [1.29, 1.82) is 0 Å². The van der Waals surface area contributed by atoms with E-state index in [1.54, 1.807) is 6.07 Å². The molecule has 2 amide bonds. The summed E-state index contributed by atoms with van der Waals surface area (Å²) in [6.07, 6.45) is 2.20. The van der Waals surface area contributed by atoms with Gasteiger partial charge in [0.2, 0.25) is 6.41 Å². The van der Waals surface area contributed by atoms with Crippen LogP contribution in [-0.4, -0.2) is 41.4 Å². The van der Waals surface area contributed by atoms with Crippen LogP contribution in [0.5, 0.6) is 0 Å². The molecule has 5 nitrogen and oxygen atoms in total. The van der Waals surface area contributed by atoms with Gasteiger partial charge in [0, 0.05) is 35.7 Å². The molecule has 0 spiro atoms. The van der Waals surface area contributed by atoms with Gasteiger partial charge in [-0.05, 0) is 55.2 Å². The third-order valence-electron chi connectivity index (χ3n) is 5.43. The minimum absolute atomic E-state index is 0.0106. The van der Waals surface area contributed by atoms with Gasteiger partial charge in [-0.1, -0.05) is 35.3 Å². The number of aromatic nitrogens is 1. The fourth-order valence-electron chi connectivity index (χ4n) is 4.03. The minimum Gasteiger partial charge on any atom is -0.358 e. The van der Waals surface area contributed by atoms with Gasteiger partial charge in [-0.25, -0.2) is 0 Å². The Hall–Kier alpha value is -2.50. The molecule has 0 saturated carbocycles. The van der Waals surface area contributed by atoms with Crippen LogP contribution in [0.1, 0.15) is 28.5 Å². The second-order valence-corrected chi connectivity index (χ2v) is 7.91.